The molecule has 0 aliphatic carbocycles. The maximum atomic E-state index is 12.4. The standard InChI is InChI=1S/C15H17ClN4O/c1-10-12(5-7-17-10)15(21)19-13-9-11(16)3-4-14(13)20-8-2-6-18-20/h2-4,6,8-10,12,17H,5,7H2,1H3,(H,19,21). The van der Waals surface area contributed by atoms with Crippen molar-refractivity contribution in [2.75, 3.05) is 11.9 Å². The molecule has 21 heavy (non-hydrogen) atoms. The van der Waals surface area contributed by atoms with Crippen LogP contribution in [0.3, 0.4) is 0 Å². The number of amides is 1. The summed E-state index contributed by atoms with van der Waals surface area (Å²) in [5, 5.41) is 11.1. The van der Waals surface area contributed by atoms with Crippen molar-refractivity contribution in [3.05, 3.63) is 41.7 Å². The average Bonchev–Trinajstić information content (AvgIpc) is 3.10. The van der Waals surface area contributed by atoms with E-state index in [0.717, 1.165) is 18.7 Å². The molecule has 2 N–H and O–H groups in total. The quantitative estimate of drug-likeness (QED) is 0.916. The number of aromatic nitrogens is 2. The Hall–Kier alpha value is -1.85. The number of hydrogen-bond acceptors (Lipinski definition) is 3. The largest absolute Gasteiger partial charge is 0.324 e. The molecule has 2 atom stereocenters. The predicted octanol–water partition coefficient (Wildman–Crippen LogP) is 2.46. The molecular weight excluding hydrogens is 288 g/mol. The van der Waals surface area contributed by atoms with Gasteiger partial charge in [-0.05, 0) is 44.2 Å². The van der Waals surface area contributed by atoms with Crippen LogP contribution in [-0.4, -0.2) is 28.3 Å². The minimum Gasteiger partial charge on any atom is -0.324 e. The van der Waals surface area contributed by atoms with Crippen molar-refractivity contribution in [3.63, 3.8) is 0 Å². The van der Waals surface area contributed by atoms with E-state index in [1.165, 1.54) is 0 Å². The van der Waals surface area contributed by atoms with Gasteiger partial charge in [-0.25, -0.2) is 4.68 Å². The van der Waals surface area contributed by atoms with E-state index >= 15 is 0 Å². The number of carbonyl (C=O) groups is 1. The Morgan fingerprint density at radius 3 is 3.05 bits per heavy atom. The Balaban J connectivity index is 1.87. The zero-order valence-corrected chi connectivity index (χ0v) is 12.5. The van der Waals surface area contributed by atoms with E-state index in [4.69, 9.17) is 11.6 Å². The summed E-state index contributed by atoms with van der Waals surface area (Å²) in [5.74, 6) is -0.00220. The SMILES string of the molecule is CC1NCCC1C(=O)Nc1cc(Cl)ccc1-n1cccn1. The van der Waals surface area contributed by atoms with Crippen LogP contribution in [0.25, 0.3) is 5.69 Å². The summed E-state index contributed by atoms with van der Waals surface area (Å²) in [6.45, 7) is 2.91. The molecule has 1 amide bonds. The highest BCUT2D eigenvalue weighted by Crippen LogP contribution is 2.26. The van der Waals surface area contributed by atoms with Crippen molar-refractivity contribution in [1.82, 2.24) is 15.1 Å². The fourth-order valence-corrected chi connectivity index (χ4v) is 2.83. The first-order valence-electron chi connectivity index (χ1n) is 6.99. The van der Waals surface area contributed by atoms with E-state index in [-0.39, 0.29) is 17.9 Å². The molecule has 6 heteroatoms. The lowest BCUT2D eigenvalue weighted by Gasteiger charge is -2.17. The number of halogens is 1. The van der Waals surface area contributed by atoms with E-state index < -0.39 is 0 Å². The van der Waals surface area contributed by atoms with Gasteiger partial charge in [0.15, 0.2) is 0 Å². The monoisotopic (exact) mass is 304 g/mol. The second-order valence-electron chi connectivity index (χ2n) is 5.24. The van der Waals surface area contributed by atoms with Crippen LogP contribution in [0.15, 0.2) is 36.7 Å². The first-order valence-corrected chi connectivity index (χ1v) is 7.37. The second kappa shape index (κ2) is 5.87. The summed E-state index contributed by atoms with van der Waals surface area (Å²) in [5.41, 5.74) is 1.48. The molecule has 110 valence electrons. The zero-order valence-electron chi connectivity index (χ0n) is 11.7. The van der Waals surface area contributed by atoms with Gasteiger partial charge in [-0.2, -0.15) is 5.10 Å². The van der Waals surface area contributed by atoms with Gasteiger partial charge in [-0.3, -0.25) is 4.79 Å². The molecule has 1 aliphatic heterocycles. The average molecular weight is 305 g/mol. The lowest BCUT2D eigenvalue weighted by molar-refractivity contribution is -0.120. The highest BCUT2D eigenvalue weighted by atomic mass is 35.5. The van der Waals surface area contributed by atoms with E-state index in [1.807, 2.05) is 25.3 Å². The summed E-state index contributed by atoms with van der Waals surface area (Å²) in [6.07, 6.45) is 4.38. The van der Waals surface area contributed by atoms with Crippen molar-refractivity contribution in [2.45, 2.75) is 19.4 Å². The zero-order chi connectivity index (χ0) is 14.8. The minimum atomic E-state index is -0.0190. The number of carbonyl (C=O) groups excluding carboxylic acids is 1. The molecule has 0 spiro atoms. The van der Waals surface area contributed by atoms with E-state index in [1.54, 1.807) is 23.0 Å². The molecule has 5 nitrogen and oxygen atoms in total. The molecule has 2 heterocycles. The second-order valence-corrected chi connectivity index (χ2v) is 5.68. The Labute approximate surface area is 128 Å². The number of benzene rings is 1. The van der Waals surface area contributed by atoms with Crippen LogP contribution in [0.2, 0.25) is 5.02 Å². The highest BCUT2D eigenvalue weighted by molar-refractivity contribution is 6.31. The van der Waals surface area contributed by atoms with Gasteiger partial charge in [-0.1, -0.05) is 11.6 Å². The van der Waals surface area contributed by atoms with Crippen molar-refractivity contribution in [2.24, 2.45) is 5.92 Å². The minimum absolute atomic E-state index is 0.0168. The van der Waals surface area contributed by atoms with Crippen LogP contribution in [0.4, 0.5) is 5.69 Å². The summed E-state index contributed by atoms with van der Waals surface area (Å²) in [4.78, 5) is 12.4. The van der Waals surface area contributed by atoms with Gasteiger partial charge in [0.05, 0.1) is 17.3 Å². The molecule has 0 saturated carbocycles. The summed E-state index contributed by atoms with van der Waals surface area (Å²) < 4.78 is 1.71. The van der Waals surface area contributed by atoms with Gasteiger partial charge in [0.25, 0.3) is 0 Å². The first kappa shape index (κ1) is 14.1. The molecule has 1 aliphatic rings. The molecule has 0 radical (unpaired) electrons. The van der Waals surface area contributed by atoms with Gasteiger partial charge in [0.1, 0.15) is 0 Å². The topological polar surface area (TPSA) is 59.0 Å². The van der Waals surface area contributed by atoms with Crippen molar-refractivity contribution >= 4 is 23.2 Å². The third kappa shape index (κ3) is 2.94. The Morgan fingerprint density at radius 1 is 1.52 bits per heavy atom. The Kier molecular flexibility index (Phi) is 3.94. The summed E-state index contributed by atoms with van der Waals surface area (Å²) in [7, 11) is 0. The van der Waals surface area contributed by atoms with Crippen molar-refractivity contribution in [1.29, 1.82) is 0 Å². The maximum absolute atomic E-state index is 12.4. The van der Waals surface area contributed by atoms with Crippen LogP contribution >= 0.6 is 11.6 Å². The first-order chi connectivity index (χ1) is 10.1. The third-order valence-corrected chi connectivity index (χ3v) is 4.06. The third-order valence-electron chi connectivity index (χ3n) is 3.83. The lowest BCUT2D eigenvalue weighted by atomic mass is 10.0. The fourth-order valence-electron chi connectivity index (χ4n) is 2.66. The fraction of sp³-hybridized carbons (Fsp3) is 0.333. The van der Waals surface area contributed by atoms with E-state index in [9.17, 15) is 4.79 Å². The molecule has 0 bridgehead atoms. The predicted molar refractivity (Wildman–Crippen MR) is 82.8 cm³/mol. The number of hydrogen-bond donors (Lipinski definition) is 2. The molecule has 1 aromatic carbocycles. The van der Waals surface area contributed by atoms with Crippen LogP contribution in [0, 0.1) is 5.92 Å². The van der Waals surface area contributed by atoms with Crippen molar-refractivity contribution < 1.29 is 4.79 Å². The summed E-state index contributed by atoms with van der Waals surface area (Å²) >= 11 is 6.06. The smallest absolute Gasteiger partial charge is 0.229 e. The van der Waals surface area contributed by atoms with Crippen LogP contribution < -0.4 is 10.6 Å². The normalized spacial score (nSPS) is 21.4. The molecule has 1 aromatic heterocycles. The Bertz CT molecular complexity index is 641. The molecule has 2 aromatic rings. The molecular formula is C15H17ClN4O. The number of nitrogens with one attached hydrogen (secondary N) is 2. The van der Waals surface area contributed by atoms with Gasteiger partial charge < -0.3 is 10.6 Å². The van der Waals surface area contributed by atoms with Crippen LogP contribution in [0.5, 0.6) is 0 Å². The molecule has 2 unspecified atom stereocenters. The highest BCUT2D eigenvalue weighted by Gasteiger charge is 2.29. The number of nitrogens with zero attached hydrogens (tertiary/aromatic N) is 2. The number of anilines is 1. The van der Waals surface area contributed by atoms with E-state index in [0.29, 0.717) is 10.7 Å². The van der Waals surface area contributed by atoms with E-state index in [2.05, 4.69) is 15.7 Å². The van der Waals surface area contributed by atoms with Gasteiger partial charge in [0.2, 0.25) is 5.91 Å². The Morgan fingerprint density at radius 2 is 2.38 bits per heavy atom. The van der Waals surface area contributed by atoms with Crippen molar-refractivity contribution in [3.8, 4) is 5.69 Å². The van der Waals surface area contributed by atoms with Gasteiger partial charge in [-0.15, -0.1) is 0 Å². The number of rotatable bonds is 3. The van der Waals surface area contributed by atoms with Gasteiger partial charge >= 0.3 is 0 Å². The van der Waals surface area contributed by atoms with Crippen LogP contribution in [0.1, 0.15) is 13.3 Å². The summed E-state index contributed by atoms with van der Waals surface area (Å²) in [6, 6.07) is 7.42. The lowest BCUT2D eigenvalue weighted by Crippen LogP contribution is -2.32. The molecule has 1 saturated heterocycles. The maximum Gasteiger partial charge on any atom is 0.229 e. The molecule has 3 rings (SSSR count). The van der Waals surface area contributed by atoms with Gasteiger partial charge in [0, 0.05) is 23.5 Å². The molecule has 1 fully saturated rings. The van der Waals surface area contributed by atoms with Crippen LogP contribution in [-0.2, 0) is 4.79 Å².